The maximum Gasteiger partial charge on any atom is 0.329 e. The van der Waals surface area contributed by atoms with Crippen LogP contribution in [0.5, 0.6) is 0 Å². The van der Waals surface area contributed by atoms with Crippen molar-refractivity contribution in [3.8, 4) is 11.4 Å². The van der Waals surface area contributed by atoms with Crippen LogP contribution in [0.1, 0.15) is 57.3 Å². The Kier molecular flexibility index (Phi) is 4.81. The molecule has 0 spiro atoms. The van der Waals surface area contributed by atoms with Crippen molar-refractivity contribution >= 4 is 11.9 Å². The van der Waals surface area contributed by atoms with Gasteiger partial charge in [0.2, 0.25) is 11.7 Å². The van der Waals surface area contributed by atoms with Gasteiger partial charge < -0.3 is 14.2 Å². The first kappa shape index (κ1) is 19.9. The molecule has 4 aliphatic carbocycles. The van der Waals surface area contributed by atoms with E-state index in [1.54, 1.807) is 0 Å². The molecule has 1 atom stereocenters. The van der Waals surface area contributed by atoms with Crippen LogP contribution < -0.4 is 0 Å². The predicted octanol–water partition coefficient (Wildman–Crippen LogP) is 3.99. The summed E-state index contributed by atoms with van der Waals surface area (Å²) in [5.41, 5.74) is 0.617. The Morgan fingerprint density at radius 1 is 1.06 bits per heavy atom. The number of likely N-dealkylation sites (tertiary alicyclic amines) is 1. The maximum absolute atomic E-state index is 13.7. The Morgan fingerprint density at radius 3 is 2.44 bits per heavy atom. The summed E-state index contributed by atoms with van der Waals surface area (Å²) in [5, 5.41) is 3.97. The molecule has 7 rings (SSSR count). The van der Waals surface area contributed by atoms with Crippen LogP contribution >= 0.6 is 0 Å². The van der Waals surface area contributed by atoms with E-state index in [0.717, 1.165) is 31.2 Å². The zero-order chi connectivity index (χ0) is 21.7. The fraction of sp³-hybridized carbons (Fsp3) is 0.600. The zero-order valence-electron chi connectivity index (χ0n) is 18.2. The summed E-state index contributed by atoms with van der Waals surface area (Å²) in [4.78, 5) is 32.8. The number of carbonyl (C=O) groups excluding carboxylic acids is 2. The Labute approximate surface area is 187 Å². The molecule has 1 aliphatic heterocycles. The minimum absolute atomic E-state index is 0.0748. The van der Waals surface area contributed by atoms with Crippen molar-refractivity contribution in [2.24, 2.45) is 23.2 Å². The fourth-order valence-electron chi connectivity index (χ4n) is 7.18. The summed E-state index contributed by atoms with van der Waals surface area (Å²) in [5.74, 6) is 2.68. The molecule has 1 aromatic heterocycles. The van der Waals surface area contributed by atoms with Crippen LogP contribution in [0.4, 0.5) is 0 Å². The molecule has 4 bridgehead atoms. The lowest BCUT2D eigenvalue weighted by Gasteiger charge is -2.56. The van der Waals surface area contributed by atoms with Crippen molar-refractivity contribution in [2.45, 2.75) is 64.0 Å². The number of hydrogen-bond donors (Lipinski definition) is 0. The summed E-state index contributed by atoms with van der Waals surface area (Å²) in [7, 11) is 0. The quantitative estimate of drug-likeness (QED) is 0.660. The normalized spacial score (nSPS) is 32.9. The minimum atomic E-state index is -0.494. The monoisotopic (exact) mass is 435 g/mol. The van der Waals surface area contributed by atoms with E-state index in [2.05, 4.69) is 10.1 Å². The predicted molar refractivity (Wildman–Crippen MR) is 115 cm³/mol. The van der Waals surface area contributed by atoms with E-state index >= 15 is 0 Å². The summed E-state index contributed by atoms with van der Waals surface area (Å²) in [6.07, 6.45) is 8.45. The summed E-state index contributed by atoms with van der Waals surface area (Å²) < 4.78 is 10.8. The summed E-state index contributed by atoms with van der Waals surface area (Å²) in [6, 6.07) is 9.03. The second-order valence-electron chi connectivity index (χ2n) is 10.3. The van der Waals surface area contributed by atoms with Crippen molar-refractivity contribution in [3.63, 3.8) is 0 Å². The van der Waals surface area contributed by atoms with Crippen LogP contribution in [0, 0.1) is 23.2 Å². The average Bonchev–Trinajstić information content (AvgIpc) is 3.47. The van der Waals surface area contributed by atoms with Crippen molar-refractivity contribution in [1.82, 2.24) is 15.0 Å². The molecule has 4 saturated carbocycles. The van der Waals surface area contributed by atoms with Gasteiger partial charge in [0.25, 0.3) is 5.89 Å². The van der Waals surface area contributed by atoms with Gasteiger partial charge >= 0.3 is 5.97 Å². The molecule has 0 N–H and O–H groups in total. The van der Waals surface area contributed by atoms with Crippen LogP contribution in [0.15, 0.2) is 34.9 Å². The second kappa shape index (κ2) is 7.71. The van der Waals surface area contributed by atoms with Gasteiger partial charge in [-0.05, 0) is 69.1 Å². The van der Waals surface area contributed by atoms with Crippen LogP contribution in [-0.4, -0.2) is 39.5 Å². The Hall–Kier alpha value is -2.70. The lowest BCUT2D eigenvalue weighted by molar-refractivity contribution is -0.166. The highest BCUT2D eigenvalue weighted by atomic mass is 16.6. The summed E-state index contributed by atoms with van der Waals surface area (Å²) >= 11 is 0. The highest BCUT2D eigenvalue weighted by Gasteiger charge is 2.57. The smallest absolute Gasteiger partial charge is 0.329 e. The lowest BCUT2D eigenvalue weighted by Crippen LogP contribution is -2.56. The first-order chi connectivity index (χ1) is 15.6. The SMILES string of the molecule is O=C(OCc1nc(-c2ccccc2)no1)[C@H]1CCCN1C(=O)C12CC3CC(CC(C3)C1)C2. The van der Waals surface area contributed by atoms with Crippen LogP contribution in [0.25, 0.3) is 11.4 Å². The molecule has 5 aliphatic rings. The lowest BCUT2D eigenvalue weighted by atomic mass is 9.49. The maximum atomic E-state index is 13.7. The molecular formula is C25H29N3O4. The van der Waals surface area contributed by atoms with Gasteiger partial charge in [0, 0.05) is 12.1 Å². The van der Waals surface area contributed by atoms with E-state index in [0.29, 0.717) is 36.5 Å². The van der Waals surface area contributed by atoms with Gasteiger partial charge in [0.15, 0.2) is 6.61 Å². The fourth-order valence-corrected chi connectivity index (χ4v) is 7.18. The molecule has 32 heavy (non-hydrogen) atoms. The number of aromatic nitrogens is 2. The highest BCUT2D eigenvalue weighted by Crippen LogP contribution is 2.60. The third-order valence-corrected chi connectivity index (χ3v) is 8.12. The minimum Gasteiger partial charge on any atom is -0.454 e. The molecular weight excluding hydrogens is 406 g/mol. The number of rotatable bonds is 5. The van der Waals surface area contributed by atoms with Crippen LogP contribution in [-0.2, 0) is 20.9 Å². The first-order valence-electron chi connectivity index (χ1n) is 12.0. The highest BCUT2D eigenvalue weighted by molar-refractivity contribution is 5.89. The Balaban J connectivity index is 1.11. The van der Waals surface area contributed by atoms with E-state index < -0.39 is 6.04 Å². The van der Waals surface area contributed by atoms with Crippen molar-refractivity contribution in [2.75, 3.05) is 6.54 Å². The third kappa shape index (κ3) is 3.42. The Morgan fingerprint density at radius 2 is 1.75 bits per heavy atom. The van der Waals surface area contributed by atoms with Crippen molar-refractivity contribution in [3.05, 3.63) is 36.2 Å². The number of hydrogen-bond acceptors (Lipinski definition) is 6. The summed E-state index contributed by atoms with van der Waals surface area (Å²) in [6.45, 7) is 0.577. The largest absolute Gasteiger partial charge is 0.454 e. The molecule has 168 valence electrons. The van der Waals surface area contributed by atoms with E-state index in [1.807, 2.05) is 35.2 Å². The number of esters is 1. The molecule has 1 amide bonds. The molecule has 7 heteroatoms. The van der Waals surface area contributed by atoms with E-state index in [4.69, 9.17) is 9.26 Å². The molecule has 1 saturated heterocycles. The van der Waals surface area contributed by atoms with E-state index in [9.17, 15) is 9.59 Å². The van der Waals surface area contributed by atoms with Gasteiger partial charge in [-0.1, -0.05) is 35.5 Å². The number of ether oxygens (including phenoxy) is 1. The molecule has 5 fully saturated rings. The zero-order valence-corrected chi connectivity index (χ0v) is 18.2. The molecule has 7 nitrogen and oxygen atoms in total. The second-order valence-corrected chi connectivity index (χ2v) is 10.3. The Bertz CT molecular complexity index is 982. The van der Waals surface area contributed by atoms with Crippen LogP contribution in [0.3, 0.4) is 0 Å². The molecule has 2 heterocycles. The average molecular weight is 436 g/mol. The molecule has 0 unspecified atom stereocenters. The van der Waals surface area contributed by atoms with Gasteiger partial charge in [0.05, 0.1) is 5.41 Å². The number of benzene rings is 1. The topological polar surface area (TPSA) is 85.5 Å². The van der Waals surface area contributed by atoms with Gasteiger partial charge in [-0.2, -0.15) is 4.98 Å². The van der Waals surface area contributed by atoms with Gasteiger partial charge in [-0.3, -0.25) is 4.79 Å². The van der Waals surface area contributed by atoms with E-state index in [1.165, 1.54) is 19.3 Å². The molecule has 1 aromatic carbocycles. The number of nitrogens with zero attached hydrogens (tertiary/aromatic N) is 3. The first-order valence-corrected chi connectivity index (χ1v) is 12.0. The van der Waals surface area contributed by atoms with Gasteiger partial charge in [-0.15, -0.1) is 0 Å². The standard InChI is InChI=1S/C25H29N3O4/c29-23(31-15-21-26-22(27-32-21)19-5-2-1-3-6-19)20-7-4-8-28(20)24(30)25-12-16-9-17(13-25)11-18(10-16)14-25/h1-3,5-6,16-18,20H,4,7-15H2/t16?,17?,18?,20-,25?/m1/s1. The molecule has 2 aromatic rings. The van der Waals surface area contributed by atoms with Crippen molar-refractivity contribution in [1.29, 1.82) is 0 Å². The number of amides is 1. The van der Waals surface area contributed by atoms with Crippen LogP contribution in [0.2, 0.25) is 0 Å². The van der Waals surface area contributed by atoms with E-state index in [-0.39, 0.29) is 29.8 Å². The number of carbonyl (C=O) groups is 2. The molecule has 0 radical (unpaired) electrons. The van der Waals surface area contributed by atoms with Gasteiger partial charge in [-0.25, -0.2) is 4.79 Å². The van der Waals surface area contributed by atoms with Crippen molar-refractivity contribution < 1.29 is 18.8 Å². The third-order valence-electron chi connectivity index (χ3n) is 8.12. The van der Waals surface area contributed by atoms with Gasteiger partial charge in [0.1, 0.15) is 6.04 Å².